The fourth-order valence-electron chi connectivity index (χ4n) is 1.63. The molecule has 0 aliphatic carbocycles. The molecule has 1 amide bonds. The van der Waals surface area contributed by atoms with Crippen molar-refractivity contribution in [2.24, 2.45) is 0 Å². The Morgan fingerprint density at radius 3 is 3.06 bits per heavy atom. The molecule has 1 aromatic heterocycles. The first-order chi connectivity index (χ1) is 7.86. The zero-order valence-electron chi connectivity index (χ0n) is 9.11. The summed E-state index contributed by atoms with van der Waals surface area (Å²) >= 11 is 0. The van der Waals surface area contributed by atoms with Gasteiger partial charge >= 0.3 is 0 Å². The Labute approximate surface area is 94.0 Å². The highest BCUT2D eigenvalue weighted by molar-refractivity contribution is 5.93. The normalized spacial score (nSPS) is 17.2. The molecule has 1 fully saturated rings. The number of rotatable bonds is 4. The number of nitrogens with zero attached hydrogens (tertiary/aromatic N) is 2. The lowest BCUT2D eigenvalue weighted by atomic mass is 10.3. The molecule has 6 heteroatoms. The van der Waals surface area contributed by atoms with Gasteiger partial charge in [-0.1, -0.05) is 0 Å². The number of hydrogen-bond donors (Lipinski definition) is 2. The van der Waals surface area contributed by atoms with Crippen LogP contribution in [0.4, 0.5) is 0 Å². The SMILES string of the molecule is O=C(NCCN1CCOCC1)c1cn[nH]c1. The van der Waals surface area contributed by atoms with E-state index in [4.69, 9.17) is 4.74 Å². The van der Waals surface area contributed by atoms with Crippen LogP contribution in [0.1, 0.15) is 10.4 Å². The van der Waals surface area contributed by atoms with E-state index in [2.05, 4.69) is 20.4 Å². The molecule has 0 saturated carbocycles. The van der Waals surface area contributed by atoms with Gasteiger partial charge < -0.3 is 10.1 Å². The van der Waals surface area contributed by atoms with E-state index < -0.39 is 0 Å². The summed E-state index contributed by atoms with van der Waals surface area (Å²) < 4.78 is 5.24. The zero-order chi connectivity index (χ0) is 11.2. The van der Waals surface area contributed by atoms with E-state index in [1.54, 1.807) is 6.20 Å². The quantitative estimate of drug-likeness (QED) is 0.721. The highest BCUT2D eigenvalue weighted by Crippen LogP contribution is 1.96. The second-order valence-electron chi connectivity index (χ2n) is 3.70. The minimum absolute atomic E-state index is 0.0815. The van der Waals surface area contributed by atoms with Crippen molar-refractivity contribution in [2.75, 3.05) is 39.4 Å². The van der Waals surface area contributed by atoms with Gasteiger partial charge in [-0.25, -0.2) is 0 Å². The highest BCUT2D eigenvalue weighted by atomic mass is 16.5. The molecule has 1 saturated heterocycles. The summed E-state index contributed by atoms with van der Waals surface area (Å²) in [4.78, 5) is 13.8. The lowest BCUT2D eigenvalue weighted by Gasteiger charge is -2.26. The number of H-pyrrole nitrogens is 1. The molecule has 1 aliphatic heterocycles. The summed E-state index contributed by atoms with van der Waals surface area (Å²) in [7, 11) is 0. The average Bonchev–Trinajstić information content (AvgIpc) is 2.84. The van der Waals surface area contributed by atoms with Crippen LogP contribution in [0.2, 0.25) is 0 Å². The minimum Gasteiger partial charge on any atom is -0.379 e. The smallest absolute Gasteiger partial charge is 0.254 e. The van der Waals surface area contributed by atoms with Crippen molar-refractivity contribution in [3.8, 4) is 0 Å². The third kappa shape index (κ3) is 3.04. The molecule has 1 aliphatic rings. The molecule has 6 nitrogen and oxygen atoms in total. The molecule has 2 heterocycles. The van der Waals surface area contributed by atoms with Crippen molar-refractivity contribution >= 4 is 5.91 Å². The Hall–Kier alpha value is -1.40. The molecular formula is C10H16N4O2. The summed E-state index contributed by atoms with van der Waals surface area (Å²) in [5.41, 5.74) is 0.571. The van der Waals surface area contributed by atoms with Gasteiger partial charge in [-0.05, 0) is 0 Å². The summed E-state index contributed by atoms with van der Waals surface area (Å²) in [6, 6.07) is 0. The number of aromatic amines is 1. The second-order valence-corrected chi connectivity index (χ2v) is 3.70. The molecule has 0 atom stereocenters. The number of ether oxygens (including phenoxy) is 1. The van der Waals surface area contributed by atoms with Crippen molar-refractivity contribution in [1.82, 2.24) is 20.4 Å². The van der Waals surface area contributed by atoms with Gasteiger partial charge in [-0.15, -0.1) is 0 Å². The Kier molecular flexibility index (Phi) is 3.90. The van der Waals surface area contributed by atoms with E-state index in [9.17, 15) is 4.79 Å². The molecule has 2 rings (SSSR count). The monoisotopic (exact) mass is 224 g/mol. The van der Waals surface area contributed by atoms with Crippen LogP contribution in [0.15, 0.2) is 12.4 Å². The van der Waals surface area contributed by atoms with E-state index in [0.29, 0.717) is 12.1 Å². The van der Waals surface area contributed by atoms with Crippen LogP contribution in [0.3, 0.4) is 0 Å². The number of carbonyl (C=O) groups excluding carboxylic acids is 1. The molecule has 0 radical (unpaired) electrons. The summed E-state index contributed by atoms with van der Waals surface area (Å²) in [5, 5.41) is 9.19. The van der Waals surface area contributed by atoms with Crippen molar-refractivity contribution in [3.05, 3.63) is 18.0 Å². The number of morpholine rings is 1. The van der Waals surface area contributed by atoms with Crippen molar-refractivity contribution in [2.45, 2.75) is 0 Å². The Morgan fingerprint density at radius 2 is 2.38 bits per heavy atom. The topological polar surface area (TPSA) is 70.2 Å². The Morgan fingerprint density at radius 1 is 1.56 bits per heavy atom. The number of hydrogen-bond acceptors (Lipinski definition) is 4. The maximum atomic E-state index is 11.5. The summed E-state index contributed by atoms with van der Waals surface area (Å²) in [6.45, 7) is 4.99. The fourth-order valence-corrected chi connectivity index (χ4v) is 1.63. The van der Waals surface area contributed by atoms with Crippen LogP contribution >= 0.6 is 0 Å². The van der Waals surface area contributed by atoms with Crippen LogP contribution in [0.5, 0.6) is 0 Å². The van der Waals surface area contributed by atoms with Crippen LogP contribution in [0.25, 0.3) is 0 Å². The predicted octanol–water partition coefficient (Wildman–Crippen LogP) is -0.528. The lowest BCUT2D eigenvalue weighted by molar-refractivity contribution is 0.0383. The molecule has 2 N–H and O–H groups in total. The van der Waals surface area contributed by atoms with Crippen LogP contribution in [-0.4, -0.2) is 60.4 Å². The van der Waals surface area contributed by atoms with Gasteiger partial charge in [0.15, 0.2) is 0 Å². The average molecular weight is 224 g/mol. The van der Waals surface area contributed by atoms with Gasteiger partial charge in [0.1, 0.15) is 0 Å². The van der Waals surface area contributed by atoms with E-state index >= 15 is 0 Å². The lowest BCUT2D eigenvalue weighted by Crippen LogP contribution is -2.41. The maximum Gasteiger partial charge on any atom is 0.254 e. The van der Waals surface area contributed by atoms with Crippen molar-refractivity contribution in [3.63, 3.8) is 0 Å². The van der Waals surface area contributed by atoms with Gasteiger partial charge in [-0.3, -0.25) is 14.8 Å². The molecule has 0 aromatic carbocycles. The number of amides is 1. The maximum absolute atomic E-state index is 11.5. The standard InChI is InChI=1S/C10H16N4O2/c15-10(9-7-12-13-8-9)11-1-2-14-3-5-16-6-4-14/h7-8H,1-6H2,(H,11,15)(H,12,13). The van der Waals surface area contributed by atoms with Gasteiger partial charge in [0.05, 0.1) is 25.0 Å². The molecular weight excluding hydrogens is 208 g/mol. The molecule has 1 aromatic rings. The van der Waals surface area contributed by atoms with E-state index in [1.165, 1.54) is 6.20 Å². The van der Waals surface area contributed by atoms with Crippen molar-refractivity contribution < 1.29 is 9.53 Å². The molecule has 0 unspecified atom stereocenters. The minimum atomic E-state index is -0.0815. The Bertz CT molecular complexity index is 320. The third-order valence-corrected chi connectivity index (χ3v) is 2.58. The number of nitrogens with one attached hydrogen (secondary N) is 2. The number of carbonyl (C=O) groups is 1. The van der Waals surface area contributed by atoms with Gasteiger partial charge in [0.2, 0.25) is 0 Å². The molecule has 88 valence electrons. The van der Waals surface area contributed by atoms with Crippen molar-refractivity contribution in [1.29, 1.82) is 0 Å². The zero-order valence-corrected chi connectivity index (χ0v) is 9.11. The van der Waals surface area contributed by atoms with Crippen LogP contribution < -0.4 is 5.32 Å². The van der Waals surface area contributed by atoms with E-state index in [0.717, 1.165) is 32.8 Å². The Balaban J connectivity index is 1.66. The summed E-state index contributed by atoms with van der Waals surface area (Å²) in [5.74, 6) is -0.0815. The van der Waals surface area contributed by atoms with Crippen LogP contribution in [-0.2, 0) is 4.74 Å². The van der Waals surface area contributed by atoms with Gasteiger partial charge in [0.25, 0.3) is 5.91 Å². The predicted molar refractivity (Wildman–Crippen MR) is 58.2 cm³/mol. The summed E-state index contributed by atoms with van der Waals surface area (Å²) in [6.07, 6.45) is 3.11. The highest BCUT2D eigenvalue weighted by Gasteiger charge is 2.10. The molecule has 16 heavy (non-hydrogen) atoms. The fraction of sp³-hybridized carbons (Fsp3) is 0.600. The number of aromatic nitrogens is 2. The molecule has 0 spiro atoms. The van der Waals surface area contributed by atoms with Crippen LogP contribution in [0, 0.1) is 0 Å². The third-order valence-electron chi connectivity index (χ3n) is 2.58. The first-order valence-electron chi connectivity index (χ1n) is 5.43. The van der Waals surface area contributed by atoms with E-state index in [-0.39, 0.29) is 5.91 Å². The molecule has 0 bridgehead atoms. The largest absolute Gasteiger partial charge is 0.379 e. The van der Waals surface area contributed by atoms with Gasteiger partial charge in [0, 0.05) is 32.4 Å². The first-order valence-corrected chi connectivity index (χ1v) is 5.43. The second kappa shape index (κ2) is 5.62. The van der Waals surface area contributed by atoms with Gasteiger partial charge in [-0.2, -0.15) is 5.10 Å². The first kappa shape index (κ1) is 11.1. The van der Waals surface area contributed by atoms with E-state index in [1.807, 2.05) is 0 Å².